The molecule has 2 aromatic carbocycles. The first-order valence-corrected chi connectivity index (χ1v) is 11.3. The summed E-state index contributed by atoms with van der Waals surface area (Å²) in [5.41, 5.74) is 0.700. The highest BCUT2D eigenvalue weighted by Gasteiger charge is 2.22. The van der Waals surface area contributed by atoms with Crippen LogP contribution in [0.2, 0.25) is 0 Å². The van der Waals surface area contributed by atoms with Gasteiger partial charge >= 0.3 is 11.9 Å². The number of nitrogens with one attached hydrogen (secondary N) is 2. The third-order valence-electron chi connectivity index (χ3n) is 4.48. The minimum absolute atomic E-state index is 0.107. The van der Waals surface area contributed by atoms with Crippen LogP contribution in [0.1, 0.15) is 34.6 Å². The zero-order chi connectivity index (χ0) is 23.7. The van der Waals surface area contributed by atoms with Gasteiger partial charge in [-0.3, -0.25) is 9.59 Å². The summed E-state index contributed by atoms with van der Waals surface area (Å²) >= 11 is 8.18. The van der Waals surface area contributed by atoms with Gasteiger partial charge in [-0.05, 0) is 48.9 Å². The lowest BCUT2D eigenvalue weighted by molar-refractivity contribution is -0.145. The molecule has 2 unspecified atom stereocenters. The largest absolute Gasteiger partial charge is 0.464 e. The highest BCUT2D eigenvalue weighted by Crippen LogP contribution is 2.19. The summed E-state index contributed by atoms with van der Waals surface area (Å²) in [6.45, 7) is 3.78. The lowest BCUT2D eigenvalue weighted by atomic mass is 10.0. The number of ether oxygens (including phenoxy) is 2. The van der Waals surface area contributed by atoms with Crippen LogP contribution in [-0.2, 0) is 19.1 Å². The molecule has 0 heterocycles. The zero-order valence-corrected chi connectivity index (χ0v) is 19.6. The van der Waals surface area contributed by atoms with Crippen LogP contribution in [0.3, 0.4) is 0 Å². The fourth-order valence-electron chi connectivity index (χ4n) is 2.86. The average Bonchev–Trinajstić information content (AvgIpc) is 2.80. The molecule has 10 heteroatoms. The Labute approximate surface area is 197 Å². The maximum Gasteiger partial charge on any atom is 0.329 e. The Morgan fingerprint density at radius 3 is 1.44 bits per heavy atom. The fraction of sp³-hybridized carbons (Fsp3) is 0.364. The summed E-state index contributed by atoms with van der Waals surface area (Å²) in [4.78, 5) is 48.8. The zero-order valence-electron chi connectivity index (χ0n) is 17.8. The van der Waals surface area contributed by atoms with Crippen molar-refractivity contribution in [2.45, 2.75) is 25.9 Å². The predicted octanol–water partition coefficient (Wildman–Crippen LogP) is 2.02. The number of thiol groups is 2. The minimum atomic E-state index is -0.855. The normalized spacial score (nSPS) is 12.5. The Morgan fingerprint density at radius 2 is 1.12 bits per heavy atom. The second-order valence-electron chi connectivity index (χ2n) is 6.70. The van der Waals surface area contributed by atoms with Crippen LogP contribution in [0.25, 0.3) is 10.8 Å². The summed E-state index contributed by atoms with van der Waals surface area (Å²) < 4.78 is 9.85. The summed E-state index contributed by atoms with van der Waals surface area (Å²) in [6.07, 6.45) is 0. The van der Waals surface area contributed by atoms with Crippen molar-refractivity contribution in [3.63, 3.8) is 0 Å². The molecule has 2 atom stereocenters. The molecule has 0 fully saturated rings. The van der Waals surface area contributed by atoms with Crippen molar-refractivity contribution in [1.29, 1.82) is 0 Å². The number of carbonyl (C=O) groups excluding carboxylic acids is 4. The smallest absolute Gasteiger partial charge is 0.329 e. The van der Waals surface area contributed by atoms with Gasteiger partial charge in [-0.25, -0.2) is 9.59 Å². The van der Waals surface area contributed by atoms with Crippen LogP contribution < -0.4 is 10.6 Å². The van der Waals surface area contributed by atoms with E-state index in [1.165, 1.54) is 0 Å². The van der Waals surface area contributed by atoms with Gasteiger partial charge in [0.25, 0.3) is 11.8 Å². The van der Waals surface area contributed by atoms with E-state index in [0.29, 0.717) is 11.1 Å². The molecule has 0 saturated heterocycles. The molecule has 0 saturated carbocycles. The van der Waals surface area contributed by atoms with E-state index in [-0.39, 0.29) is 24.7 Å². The molecule has 0 aliphatic carbocycles. The van der Waals surface area contributed by atoms with Gasteiger partial charge in [-0.2, -0.15) is 25.3 Å². The molecule has 8 nitrogen and oxygen atoms in total. The number of esters is 2. The van der Waals surface area contributed by atoms with Gasteiger partial charge in [0.05, 0.1) is 13.2 Å². The van der Waals surface area contributed by atoms with Crippen molar-refractivity contribution in [2.75, 3.05) is 24.7 Å². The Morgan fingerprint density at radius 1 is 0.750 bits per heavy atom. The van der Waals surface area contributed by atoms with E-state index in [4.69, 9.17) is 9.47 Å². The second-order valence-corrected chi connectivity index (χ2v) is 7.43. The molecular weight excluding hydrogens is 452 g/mol. The van der Waals surface area contributed by atoms with Crippen LogP contribution in [0, 0.1) is 0 Å². The molecule has 0 aromatic heterocycles. The van der Waals surface area contributed by atoms with E-state index in [1.54, 1.807) is 50.2 Å². The quantitative estimate of drug-likeness (QED) is 0.307. The number of fused-ring (bicyclic) bond motifs is 1. The average molecular weight is 479 g/mol. The molecule has 2 aromatic rings. The molecule has 0 aliphatic heterocycles. The van der Waals surface area contributed by atoms with Crippen molar-refractivity contribution in [2.24, 2.45) is 0 Å². The van der Waals surface area contributed by atoms with Crippen molar-refractivity contribution in [3.8, 4) is 0 Å². The van der Waals surface area contributed by atoms with Crippen LogP contribution >= 0.6 is 25.3 Å². The molecule has 0 spiro atoms. The number of carbonyl (C=O) groups is 4. The molecule has 172 valence electrons. The van der Waals surface area contributed by atoms with Gasteiger partial charge in [0, 0.05) is 22.6 Å². The Balaban J connectivity index is 2.16. The number of hydrogen-bond donors (Lipinski definition) is 4. The SMILES string of the molecule is CCOC(=O)C(CS)NC(=O)c1ccc2cc(C(=O)NC(CS)C(=O)OCC)ccc2c1. The van der Waals surface area contributed by atoms with E-state index in [9.17, 15) is 19.2 Å². The van der Waals surface area contributed by atoms with E-state index < -0.39 is 35.8 Å². The fourth-order valence-corrected chi connectivity index (χ4v) is 3.34. The first kappa shape index (κ1) is 25.5. The van der Waals surface area contributed by atoms with Gasteiger partial charge in [0.1, 0.15) is 12.1 Å². The topological polar surface area (TPSA) is 111 Å². The maximum absolute atomic E-state index is 12.5. The monoisotopic (exact) mass is 478 g/mol. The van der Waals surface area contributed by atoms with Crippen LogP contribution in [0.4, 0.5) is 0 Å². The van der Waals surface area contributed by atoms with E-state index in [2.05, 4.69) is 35.9 Å². The summed E-state index contributed by atoms with van der Waals surface area (Å²) in [5.74, 6) is -1.76. The molecule has 32 heavy (non-hydrogen) atoms. The first-order valence-electron chi connectivity index (χ1n) is 10.0. The Hall–Kier alpha value is -2.72. The summed E-state index contributed by atoms with van der Waals surface area (Å²) in [6, 6.07) is 8.18. The number of rotatable bonds is 10. The minimum Gasteiger partial charge on any atom is -0.464 e. The maximum atomic E-state index is 12.5. The van der Waals surface area contributed by atoms with E-state index >= 15 is 0 Å². The number of amides is 2. The van der Waals surface area contributed by atoms with Gasteiger partial charge in [-0.1, -0.05) is 12.1 Å². The highest BCUT2D eigenvalue weighted by atomic mass is 32.1. The summed E-state index contributed by atoms with van der Waals surface area (Å²) in [7, 11) is 0. The lowest BCUT2D eigenvalue weighted by Crippen LogP contribution is -2.43. The van der Waals surface area contributed by atoms with Crippen molar-refractivity contribution in [1.82, 2.24) is 10.6 Å². The molecule has 0 aliphatic rings. The standard InChI is InChI=1S/C22H26N2O6S2/c1-3-29-21(27)17(11-31)23-19(25)15-7-5-14-10-16(8-6-13(14)9-15)20(26)24-18(12-32)22(28)30-4-2/h5-10,17-18,31-32H,3-4,11-12H2,1-2H3,(H,23,25)(H,24,26). The number of benzene rings is 2. The van der Waals surface area contributed by atoms with E-state index in [0.717, 1.165) is 10.8 Å². The van der Waals surface area contributed by atoms with Gasteiger partial charge in [-0.15, -0.1) is 0 Å². The van der Waals surface area contributed by atoms with Gasteiger partial charge < -0.3 is 20.1 Å². The van der Waals surface area contributed by atoms with Crippen molar-refractivity contribution >= 4 is 59.8 Å². The molecule has 0 radical (unpaired) electrons. The van der Waals surface area contributed by atoms with Gasteiger partial charge in [0.2, 0.25) is 0 Å². The van der Waals surface area contributed by atoms with Crippen molar-refractivity contribution < 1.29 is 28.7 Å². The number of hydrogen-bond acceptors (Lipinski definition) is 8. The van der Waals surface area contributed by atoms with E-state index in [1.807, 2.05) is 0 Å². The van der Waals surface area contributed by atoms with Crippen LogP contribution in [-0.4, -0.2) is 60.6 Å². The molecule has 2 rings (SSSR count). The van der Waals surface area contributed by atoms with Crippen molar-refractivity contribution in [3.05, 3.63) is 47.5 Å². The summed E-state index contributed by atoms with van der Waals surface area (Å²) in [5, 5.41) is 6.66. The Kier molecular flexibility index (Phi) is 9.86. The third kappa shape index (κ3) is 6.64. The second kappa shape index (κ2) is 12.4. The molecular formula is C22H26N2O6S2. The van der Waals surface area contributed by atoms with Crippen LogP contribution in [0.15, 0.2) is 36.4 Å². The molecule has 2 amide bonds. The molecule has 0 bridgehead atoms. The predicted molar refractivity (Wildman–Crippen MR) is 127 cm³/mol. The molecule has 2 N–H and O–H groups in total. The Bertz CT molecular complexity index is 918. The lowest BCUT2D eigenvalue weighted by Gasteiger charge is -2.16. The third-order valence-corrected chi connectivity index (χ3v) is 5.21. The highest BCUT2D eigenvalue weighted by molar-refractivity contribution is 7.80. The van der Waals surface area contributed by atoms with Gasteiger partial charge in [0.15, 0.2) is 0 Å². The van der Waals surface area contributed by atoms with Crippen LogP contribution in [0.5, 0.6) is 0 Å². The first-order chi connectivity index (χ1) is 15.3.